The normalized spacial score (nSPS) is 11.0. The van der Waals surface area contributed by atoms with Gasteiger partial charge in [0.15, 0.2) is 12.4 Å². The first-order valence-electron chi connectivity index (χ1n) is 8.59. The minimum Gasteiger partial charge on any atom is -0.457 e. The van der Waals surface area contributed by atoms with Gasteiger partial charge in [-0.25, -0.2) is 0 Å². The van der Waals surface area contributed by atoms with Gasteiger partial charge in [0.05, 0.1) is 5.75 Å². The van der Waals surface area contributed by atoms with Crippen LogP contribution in [-0.4, -0.2) is 24.1 Å². The maximum absolute atomic E-state index is 12.2. The van der Waals surface area contributed by atoms with E-state index in [-0.39, 0.29) is 23.9 Å². The molecule has 4 rings (SSSR count). The number of carbonyl (C=O) groups is 2. The number of hydrogen-bond donors (Lipinski definition) is 0. The highest BCUT2D eigenvalue weighted by Crippen LogP contribution is 2.34. The Labute approximate surface area is 174 Å². The zero-order valence-electron chi connectivity index (χ0n) is 14.7. The average Bonchev–Trinajstić information content (AvgIpc) is 3.16. The molecule has 0 aliphatic rings. The molecule has 0 fully saturated rings. The second-order valence-corrected chi connectivity index (χ2v) is 7.93. The van der Waals surface area contributed by atoms with Crippen LogP contribution in [0.3, 0.4) is 0 Å². The molecule has 1 aromatic heterocycles. The number of ether oxygens (including phenoxy) is 1. The van der Waals surface area contributed by atoms with E-state index in [9.17, 15) is 9.59 Å². The third-order valence-electron chi connectivity index (χ3n) is 4.24. The van der Waals surface area contributed by atoms with E-state index in [1.54, 1.807) is 12.1 Å². The molecule has 4 aromatic rings. The Balaban J connectivity index is 1.34. The Morgan fingerprint density at radius 3 is 2.54 bits per heavy atom. The van der Waals surface area contributed by atoms with Crippen molar-refractivity contribution in [3.63, 3.8) is 0 Å². The van der Waals surface area contributed by atoms with Crippen molar-refractivity contribution in [1.29, 1.82) is 0 Å². The number of Topliss-reactive ketones (excluding diaryl/α,β-unsaturated/α-hetero) is 1. The highest BCUT2D eigenvalue weighted by Gasteiger charge is 2.15. The van der Waals surface area contributed by atoms with Crippen molar-refractivity contribution in [1.82, 2.24) is 0 Å². The van der Waals surface area contributed by atoms with Crippen molar-refractivity contribution in [3.8, 4) is 0 Å². The summed E-state index contributed by atoms with van der Waals surface area (Å²) in [6, 6.07) is 21.0. The van der Waals surface area contributed by atoms with Crippen LogP contribution in [0.2, 0.25) is 0 Å². The maximum atomic E-state index is 12.2. The summed E-state index contributed by atoms with van der Waals surface area (Å²) in [5.41, 5.74) is 0.633. The van der Waals surface area contributed by atoms with Gasteiger partial charge in [0.1, 0.15) is 5.58 Å². The van der Waals surface area contributed by atoms with Gasteiger partial charge in [-0.05, 0) is 44.9 Å². The lowest BCUT2D eigenvalue weighted by atomic mass is 10.1. The van der Waals surface area contributed by atoms with Crippen molar-refractivity contribution in [3.05, 3.63) is 77.0 Å². The lowest BCUT2D eigenvalue weighted by Crippen LogP contribution is -2.15. The Bertz CT molecular complexity index is 1150. The Hall–Kier alpha value is -2.57. The van der Waals surface area contributed by atoms with Gasteiger partial charge >= 0.3 is 5.97 Å². The third-order valence-corrected chi connectivity index (χ3v) is 6.39. The monoisotopic (exact) mass is 454 g/mol. The molecule has 0 aliphatic heterocycles. The predicted molar refractivity (Wildman–Crippen MR) is 114 cm³/mol. The van der Waals surface area contributed by atoms with Crippen LogP contribution in [0.1, 0.15) is 10.6 Å². The molecule has 0 saturated carbocycles. The van der Waals surface area contributed by atoms with E-state index in [0.29, 0.717) is 5.58 Å². The van der Waals surface area contributed by atoms with Gasteiger partial charge in [0.2, 0.25) is 5.78 Å². The first kappa shape index (κ1) is 18.8. The molecule has 0 radical (unpaired) electrons. The summed E-state index contributed by atoms with van der Waals surface area (Å²) in [7, 11) is 0. The minimum atomic E-state index is -0.450. The molecule has 140 valence electrons. The summed E-state index contributed by atoms with van der Waals surface area (Å²) >= 11 is 4.97. The SMILES string of the molecule is O=C(CSc1ccc2ccccc2c1Br)OCC(=O)c1cc2ccccc2o1. The van der Waals surface area contributed by atoms with Crippen LogP contribution >= 0.6 is 27.7 Å². The number of hydrogen-bond acceptors (Lipinski definition) is 5. The van der Waals surface area contributed by atoms with Crippen molar-refractivity contribution < 1.29 is 18.7 Å². The summed E-state index contributed by atoms with van der Waals surface area (Å²) in [4.78, 5) is 25.2. The fourth-order valence-electron chi connectivity index (χ4n) is 2.84. The summed E-state index contributed by atoms with van der Waals surface area (Å²) in [5, 5.41) is 3.05. The van der Waals surface area contributed by atoms with Crippen molar-refractivity contribution in [2.75, 3.05) is 12.4 Å². The molecular weight excluding hydrogens is 440 g/mol. The van der Waals surface area contributed by atoms with Crippen LogP contribution in [-0.2, 0) is 9.53 Å². The molecule has 3 aromatic carbocycles. The van der Waals surface area contributed by atoms with Crippen LogP contribution in [0.5, 0.6) is 0 Å². The highest BCUT2D eigenvalue weighted by molar-refractivity contribution is 9.10. The topological polar surface area (TPSA) is 56.5 Å². The molecule has 0 saturated heterocycles. The number of fused-ring (bicyclic) bond motifs is 2. The lowest BCUT2D eigenvalue weighted by molar-refractivity contribution is -0.139. The van der Waals surface area contributed by atoms with Crippen LogP contribution in [0.25, 0.3) is 21.7 Å². The molecule has 6 heteroatoms. The number of furan rings is 1. The van der Waals surface area contributed by atoms with E-state index >= 15 is 0 Å². The molecule has 28 heavy (non-hydrogen) atoms. The van der Waals surface area contributed by atoms with Gasteiger partial charge in [-0.15, -0.1) is 11.8 Å². The van der Waals surface area contributed by atoms with Crippen LogP contribution in [0, 0.1) is 0 Å². The van der Waals surface area contributed by atoms with Crippen LogP contribution in [0.4, 0.5) is 0 Å². The standard InChI is InChI=1S/C22H15BrO4S/c23-22-16-7-3-1-5-14(16)9-10-20(22)28-13-21(25)26-12-17(24)19-11-15-6-2-4-8-18(15)27-19/h1-11H,12-13H2. The van der Waals surface area contributed by atoms with Gasteiger partial charge < -0.3 is 9.15 Å². The van der Waals surface area contributed by atoms with Crippen molar-refractivity contribution in [2.45, 2.75) is 4.90 Å². The second-order valence-electron chi connectivity index (χ2n) is 6.12. The minimum absolute atomic E-state index is 0.115. The first-order valence-corrected chi connectivity index (χ1v) is 10.4. The number of carbonyl (C=O) groups excluding carboxylic acids is 2. The number of benzene rings is 3. The molecular formula is C22H15BrO4S. The predicted octanol–water partition coefficient (Wildman–Crippen LogP) is 5.87. The molecule has 0 unspecified atom stereocenters. The summed E-state index contributed by atoms with van der Waals surface area (Å²) in [6.07, 6.45) is 0. The fraction of sp³-hybridized carbons (Fsp3) is 0.0909. The molecule has 0 N–H and O–H groups in total. The molecule has 0 spiro atoms. The number of thioether (sulfide) groups is 1. The van der Waals surface area contributed by atoms with Crippen molar-refractivity contribution in [2.24, 2.45) is 0 Å². The molecule has 0 aliphatic carbocycles. The van der Waals surface area contributed by atoms with Gasteiger partial charge in [-0.2, -0.15) is 0 Å². The second kappa shape index (κ2) is 8.20. The number of rotatable bonds is 6. The fourth-order valence-corrected chi connectivity index (χ4v) is 4.43. The lowest BCUT2D eigenvalue weighted by Gasteiger charge is -2.08. The van der Waals surface area contributed by atoms with Gasteiger partial charge in [-0.1, -0.05) is 48.5 Å². The summed E-state index contributed by atoms with van der Waals surface area (Å²) in [5.74, 6) is -0.500. The Kier molecular flexibility index (Phi) is 5.50. The van der Waals surface area contributed by atoms with E-state index in [1.807, 2.05) is 54.6 Å². The summed E-state index contributed by atoms with van der Waals surface area (Å²) in [6.45, 7) is -0.335. The van der Waals surface area contributed by atoms with E-state index < -0.39 is 5.97 Å². The number of esters is 1. The van der Waals surface area contributed by atoms with Crippen LogP contribution < -0.4 is 0 Å². The quantitative estimate of drug-likeness (QED) is 0.207. The number of para-hydroxylation sites is 1. The Morgan fingerprint density at radius 2 is 1.71 bits per heavy atom. The first-order chi connectivity index (χ1) is 13.6. The number of halogens is 1. The largest absolute Gasteiger partial charge is 0.457 e. The molecule has 4 nitrogen and oxygen atoms in total. The Morgan fingerprint density at radius 1 is 0.964 bits per heavy atom. The summed E-state index contributed by atoms with van der Waals surface area (Å²) < 4.78 is 11.6. The maximum Gasteiger partial charge on any atom is 0.316 e. The highest BCUT2D eigenvalue weighted by atomic mass is 79.9. The number of ketones is 1. The van der Waals surface area contributed by atoms with E-state index in [2.05, 4.69) is 15.9 Å². The molecule has 0 atom stereocenters. The van der Waals surface area contributed by atoms with E-state index in [1.165, 1.54) is 11.8 Å². The molecule has 1 heterocycles. The van der Waals surface area contributed by atoms with Gasteiger partial charge in [0.25, 0.3) is 0 Å². The zero-order valence-corrected chi connectivity index (χ0v) is 17.1. The third kappa shape index (κ3) is 3.98. The van der Waals surface area contributed by atoms with Gasteiger partial charge in [0, 0.05) is 14.8 Å². The van der Waals surface area contributed by atoms with Gasteiger partial charge in [-0.3, -0.25) is 9.59 Å². The van der Waals surface area contributed by atoms with Crippen LogP contribution in [0.15, 0.2) is 80.5 Å². The zero-order chi connectivity index (χ0) is 19.5. The van der Waals surface area contributed by atoms with E-state index in [4.69, 9.17) is 9.15 Å². The van der Waals surface area contributed by atoms with Crippen molar-refractivity contribution >= 4 is 61.2 Å². The molecule has 0 amide bonds. The molecule has 0 bridgehead atoms. The average molecular weight is 455 g/mol. The smallest absolute Gasteiger partial charge is 0.316 e. The van der Waals surface area contributed by atoms with E-state index in [0.717, 1.165) is 25.5 Å².